The Balaban J connectivity index is 1.59. The van der Waals surface area contributed by atoms with E-state index in [-0.39, 0.29) is 5.91 Å². The van der Waals surface area contributed by atoms with Crippen LogP contribution < -0.4 is 11.1 Å². The third kappa shape index (κ3) is 4.37. The zero-order valence-electron chi connectivity index (χ0n) is 12.5. The maximum atomic E-state index is 12.1. The van der Waals surface area contributed by atoms with Gasteiger partial charge < -0.3 is 11.1 Å². The van der Waals surface area contributed by atoms with Crippen LogP contribution in [0.1, 0.15) is 0 Å². The fraction of sp³-hybridized carbons (Fsp3) is 0.0588. The first-order chi connectivity index (χ1) is 11.6. The second-order valence-electron chi connectivity index (χ2n) is 4.92. The van der Waals surface area contributed by atoms with Crippen LogP contribution in [0.2, 0.25) is 0 Å². The number of nitrogens with one attached hydrogen (secondary N) is 1. The molecule has 0 spiro atoms. The van der Waals surface area contributed by atoms with Crippen LogP contribution in [0.4, 0.5) is 10.8 Å². The Morgan fingerprint density at radius 1 is 1.21 bits per heavy atom. The summed E-state index contributed by atoms with van der Waals surface area (Å²) in [7, 11) is 0. The molecule has 4 nitrogen and oxygen atoms in total. The summed E-state index contributed by atoms with van der Waals surface area (Å²) < 4.78 is 1.02. The van der Waals surface area contributed by atoms with Crippen LogP contribution in [-0.2, 0) is 4.79 Å². The quantitative estimate of drug-likeness (QED) is 0.456. The maximum absolute atomic E-state index is 12.1. The number of carbonyl (C=O) groups excluding carboxylic acids is 1. The first kappa shape index (κ1) is 17.0. The molecule has 0 aliphatic carbocycles. The van der Waals surface area contributed by atoms with Gasteiger partial charge in [0, 0.05) is 26.0 Å². The number of benzene rings is 2. The number of nitrogen functional groups attached to an aromatic ring is 1. The van der Waals surface area contributed by atoms with Crippen LogP contribution in [0.5, 0.6) is 0 Å². The molecule has 24 heavy (non-hydrogen) atoms. The van der Waals surface area contributed by atoms with E-state index in [2.05, 4.69) is 26.2 Å². The molecule has 1 heterocycles. The molecule has 0 aliphatic rings. The van der Waals surface area contributed by atoms with E-state index >= 15 is 0 Å². The topological polar surface area (TPSA) is 68.0 Å². The van der Waals surface area contributed by atoms with Crippen LogP contribution in [0.25, 0.3) is 11.3 Å². The summed E-state index contributed by atoms with van der Waals surface area (Å²) in [5, 5.41) is 5.36. The van der Waals surface area contributed by atoms with Gasteiger partial charge in [0.1, 0.15) is 0 Å². The van der Waals surface area contributed by atoms with Crippen LogP contribution in [-0.4, -0.2) is 16.6 Å². The van der Waals surface area contributed by atoms with Crippen molar-refractivity contribution in [2.75, 3.05) is 16.8 Å². The lowest BCUT2D eigenvalue weighted by molar-refractivity contribution is -0.113. The normalized spacial score (nSPS) is 10.5. The van der Waals surface area contributed by atoms with Gasteiger partial charge in [0.2, 0.25) is 5.91 Å². The first-order valence-electron chi connectivity index (χ1n) is 7.10. The molecule has 0 fully saturated rings. The summed E-state index contributed by atoms with van der Waals surface area (Å²) in [6.07, 6.45) is 0. The van der Waals surface area contributed by atoms with Gasteiger partial charge in [0.15, 0.2) is 5.13 Å². The minimum absolute atomic E-state index is 0.0973. The number of nitrogens with zero attached hydrogens (tertiary/aromatic N) is 1. The Bertz CT molecular complexity index is 849. The van der Waals surface area contributed by atoms with Crippen molar-refractivity contribution in [1.29, 1.82) is 0 Å². The number of rotatable bonds is 5. The number of nitrogens with two attached hydrogens (primary N) is 1. The zero-order chi connectivity index (χ0) is 16.9. The van der Waals surface area contributed by atoms with Gasteiger partial charge in [-0.05, 0) is 24.3 Å². The molecule has 1 aromatic heterocycles. The standard InChI is InChI=1S/C17H14BrN3OS2/c18-12-7-5-11(6-8-12)14-9-24-17(20-14)21-16(22)10-23-15-4-2-1-3-13(15)19/h1-9H,10,19H2,(H,20,21,22). The minimum Gasteiger partial charge on any atom is -0.398 e. The molecule has 3 aromatic rings. The van der Waals surface area contributed by atoms with Crippen molar-refractivity contribution in [3.63, 3.8) is 0 Å². The molecular formula is C17H14BrN3OS2. The zero-order valence-corrected chi connectivity index (χ0v) is 15.7. The fourth-order valence-corrected chi connectivity index (χ4v) is 3.76. The van der Waals surface area contributed by atoms with E-state index in [0.29, 0.717) is 16.6 Å². The highest BCUT2D eigenvalue weighted by Gasteiger charge is 2.09. The Hall–Kier alpha value is -1.83. The molecule has 3 N–H and O–H groups in total. The summed E-state index contributed by atoms with van der Waals surface area (Å²) >= 11 is 6.24. The number of anilines is 2. The molecule has 0 atom stereocenters. The predicted octanol–water partition coefficient (Wildman–Crippen LogP) is 4.89. The Labute approximate surface area is 156 Å². The SMILES string of the molecule is Nc1ccccc1SCC(=O)Nc1nc(-c2ccc(Br)cc2)cs1. The van der Waals surface area contributed by atoms with E-state index in [1.165, 1.54) is 23.1 Å². The Morgan fingerprint density at radius 3 is 2.71 bits per heavy atom. The number of hydrogen-bond acceptors (Lipinski definition) is 5. The first-order valence-corrected chi connectivity index (χ1v) is 9.76. The van der Waals surface area contributed by atoms with Crippen molar-refractivity contribution in [1.82, 2.24) is 4.98 Å². The number of carbonyl (C=O) groups is 1. The third-order valence-corrected chi connectivity index (χ3v) is 5.54. The molecule has 0 aliphatic heterocycles. The molecule has 0 saturated carbocycles. The molecule has 3 rings (SSSR count). The molecule has 0 bridgehead atoms. The number of amides is 1. The van der Waals surface area contributed by atoms with E-state index in [9.17, 15) is 4.79 Å². The summed E-state index contributed by atoms with van der Waals surface area (Å²) in [5.41, 5.74) is 8.42. The van der Waals surface area contributed by atoms with Crippen molar-refractivity contribution in [2.45, 2.75) is 4.90 Å². The smallest absolute Gasteiger partial charge is 0.236 e. The fourth-order valence-electron chi connectivity index (χ4n) is 2.00. The highest BCUT2D eigenvalue weighted by Crippen LogP contribution is 2.27. The number of halogens is 1. The minimum atomic E-state index is -0.0973. The lowest BCUT2D eigenvalue weighted by atomic mass is 10.2. The van der Waals surface area contributed by atoms with Gasteiger partial charge in [-0.3, -0.25) is 4.79 Å². The molecule has 0 saturated heterocycles. The Morgan fingerprint density at radius 2 is 1.96 bits per heavy atom. The van der Waals surface area contributed by atoms with E-state index in [4.69, 9.17) is 5.73 Å². The third-order valence-electron chi connectivity index (χ3n) is 3.17. The summed E-state index contributed by atoms with van der Waals surface area (Å²) in [6, 6.07) is 15.4. The van der Waals surface area contributed by atoms with Crippen LogP contribution in [0.15, 0.2) is 63.3 Å². The summed E-state index contributed by atoms with van der Waals surface area (Å²) in [4.78, 5) is 17.4. The summed E-state index contributed by atoms with van der Waals surface area (Å²) in [5.74, 6) is 0.196. The summed E-state index contributed by atoms with van der Waals surface area (Å²) in [6.45, 7) is 0. The Kier molecular flexibility index (Phi) is 5.55. The molecule has 2 aromatic carbocycles. The molecular weight excluding hydrogens is 406 g/mol. The van der Waals surface area contributed by atoms with Gasteiger partial charge in [0.25, 0.3) is 0 Å². The van der Waals surface area contributed by atoms with E-state index < -0.39 is 0 Å². The monoisotopic (exact) mass is 419 g/mol. The number of hydrogen-bond donors (Lipinski definition) is 2. The van der Waals surface area contributed by atoms with Crippen molar-refractivity contribution in [3.05, 3.63) is 58.4 Å². The van der Waals surface area contributed by atoms with E-state index in [1.54, 1.807) is 0 Å². The van der Waals surface area contributed by atoms with Gasteiger partial charge >= 0.3 is 0 Å². The average molecular weight is 420 g/mol. The second-order valence-corrected chi connectivity index (χ2v) is 7.71. The lowest BCUT2D eigenvalue weighted by Crippen LogP contribution is -2.13. The molecule has 0 unspecified atom stereocenters. The lowest BCUT2D eigenvalue weighted by Gasteiger charge is -2.04. The van der Waals surface area contributed by atoms with Crippen molar-refractivity contribution < 1.29 is 4.79 Å². The number of thioether (sulfide) groups is 1. The van der Waals surface area contributed by atoms with E-state index in [1.807, 2.05) is 53.9 Å². The van der Waals surface area contributed by atoms with Gasteiger partial charge in [-0.1, -0.05) is 40.2 Å². The molecule has 7 heteroatoms. The largest absolute Gasteiger partial charge is 0.398 e. The highest BCUT2D eigenvalue weighted by atomic mass is 79.9. The van der Waals surface area contributed by atoms with Crippen molar-refractivity contribution >= 4 is 55.8 Å². The second kappa shape index (κ2) is 7.83. The average Bonchev–Trinajstić information content (AvgIpc) is 3.03. The molecule has 122 valence electrons. The maximum Gasteiger partial charge on any atom is 0.236 e. The van der Waals surface area contributed by atoms with Crippen LogP contribution in [0, 0.1) is 0 Å². The van der Waals surface area contributed by atoms with Gasteiger partial charge in [-0.25, -0.2) is 4.98 Å². The number of aromatic nitrogens is 1. The van der Waals surface area contributed by atoms with E-state index in [0.717, 1.165) is 20.6 Å². The van der Waals surface area contributed by atoms with Crippen LogP contribution >= 0.6 is 39.0 Å². The molecule has 0 radical (unpaired) electrons. The highest BCUT2D eigenvalue weighted by molar-refractivity contribution is 9.10. The number of para-hydroxylation sites is 1. The van der Waals surface area contributed by atoms with Gasteiger partial charge in [-0.15, -0.1) is 23.1 Å². The number of thiazole rings is 1. The van der Waals surface area contributed by atoms with Crippen LogP contribution in [0.3, 0.4) is 0 Å². The predicted molar refractivity (Wildman–Crippen MR) is 105 cm³/mol. The van der Waals surface area contributed by atoms with Crippen molar-refractivity contribution in [2.24, 2.45) is 0 Å². The van der Waals surface area contributed by atoms with Crippen molar-refractivity contribution in [3.8, 4) is 11.3 Å². The van der Waals surface area contributed by atoms with Gasteiger partial charge in [-0.2, -0.15) is 0 Å². The van der Waals surface area contributed by atoms with Gasteiger partial charge in [0.05, 0.1) is 11.4 Å². The molecule has 1 amide bonds.